The van der Waals surface area contributed by atoms with Crippen molar-refractivity contribution < 1.29 is 0 Å². The van der Waals surface area contributed by atoms with Crippen LogP contribution in [0.2, 0.25) is 5.02 Å². The van der Waals surface area contributed by atoms with Gasteiger partial charge in [0.1, 0.15) is 5.82 Å². The number of hydrogen-bond donors (Lipinski definition) is 2. The molecule has 0 bridgehead atoms. The standard InChI is InChI=1S/C12H12ClN3/c13-10-5-4-9(8-14)7-11(10)16-12-3-1-2-6-15-12/h1-7H,8,14H2,(H,15,16). The largest absolute Gasteiger partial charge is 0.339 e. The van der Waals surface area contributed by atoms with Gasteiger partial charge in [-0.2, -0.15) is 0 Å². The second-order valence-electron chi connectivity index (χ2n) is 3.36. The van der Waals surface area contributed by atoms with E-state index in [0.29, 0.717) is 11.6 Å². The Morgan fingerprint density at radius 1 is 1.25 bits per heavy atom. The molecular weight excluding hydrogens is 222 g/mol. The zero-order chi connectivity index (χ0) is 11.4. The number of halogens is 1. The number of nitrogens with one attached hydrogen (secondary N) is 1. The van der Waals surface area contributed by atoms with Gasteiger partial charge in [-0.15, -0.1) is 0 Å². The molecule has 0 fully saturated rings. The Morgan fingerprint density at radius 3 is 2.81 bits per heavy atom. The van der Waals surface area contributed by atoms with Crippen LogP contribution in [-0.4, -0.2) is 4.98 Å². The first-order chi connectivity index (χ1) is 7.79. The Labute approximate surface area is 99.3 Å². The molecule has 0 atom stereocenters. The lowest BCUT2D eigenvalue weighted by Gasteiger charge is -2.08. The van der Waals surface area contributed by atoms with E-state index in [9.17, 15) is 0 Å². The fourth-order valence-corrected chi connectivity index (χ4v) is 1.53. The normalized spacial score (nSPS) is 10.1. The van der Waals surface area contributed by atoms with Crippen LogP contribution in [0.5, 0.6) is 0 Å². The average molecular weight is 234 g/mol. The number of anilines is 2. The Hall–Kier alpha value is -1.58. The van der Waals surface area contributed by atoms with Crippen LogP contribution in [0.15, 0.2) is 42.6 Å². The number of pyridine rings is 1. The molecule has 0 saturated heterocycles. The predicted molar refractivity (Wildman–Crippen MR) is 66.9 cm³/mol. The third-order valence-electron chi connectivity index (χ3n) is 2.19. The van der Waals surface area contributed by atoms with Crippen LogP contribution in [0.25, 0.3) is 0 Å². The van der Waals surface area contributed by atoms with Gasteiger partial charge in [0.25, 0.3) is 0 Å². The monoisotopic (exact) mass is 233 g/mol. The Balaban J connectivity index is 2.27. The van der Waals surface area contributed by atoms with Gasteiger partial charge >= 0.3 is 0 Å². The third kappa shape index (κ3) is 2.51. The van der Waals surface area contributed by atoms with E-state index in [2.05, 4.69) is 10.3 Å². The molecule has 82 valence electrons. The second-order valence-corrected chi connectivity index (χ2v) is 3.77. The summed E-state index contributed by atoms with van der Waals surface area (Å²) in [5.74, 6) is 0.763. The maximum absolute atomic E-state index is 6.07. The van der Waals surface area contributed by atoms with Gasteiger partial charge in [0.05, 0.1) is 10.7 Å². The van der Waals surface area contributed by atoms with E-state index in [4.69, 9.17) is 17.3 Å². The van der Waals surface area contributed by atoms with E-state index >= 15 is 0 Å². The van der Waals surface area contributed by atoms with Crippen molar-refractivity contribution in [1.29, 1.82) is 0 Å². The molecule has 3 N–H and O–H groups in total. The number of nitrogens with zero attached hydrogens (tertiary/aromatic N) is 1. The predicted octanol–water partition coefficient (Wildman–Crippen LogP) is 2.94. The maximum Gasteiger partial charge on any atom is 0.130 e. The third-order valence-corrected chi connectivity index (χ3v) is 2.52. The molecule has 2 rings (SSSR count). The first kappa shape index (κ1) is 10.9. The van der Waals surface area contributed by atoms with E-state index in [1.165, 1.54) is 0 Å². The SMILES string of the molecule is NCc1ccc(Cl)c(Nc2ccccn2)c1. The van der Waals surface area contributed by atoms with Crippen LogP contribution >= 0.6 is 11.6 Å². The molecule has 0 aliphatic heterocycles. The van der Waals surface area contributed by atoms with Gasteiger partial charge in [0.2, 0.25) is 0 Å². The van der Waals surface area contributed by atoms with Crippen molar-refractivity contribution >= 4 is 23.1 Å². The highest BCUT2D eigenvalue weighted by molar-refractivity contribution is 6.33. The highest BCUT2D eigenvalue weighted by atomic mass is 35.5. The van der Waals surface area contributed by atoms with Crippen molar-refractivity contribution in [2.24, 2.45) is 5.73 Å². The minimum atomic E-state index is 0.494. The lowest BCUT2D eigenvalue weighted by atomic mass is 10.2. The van der Waals surface area contributed by atoms with Gasteiger partial charge in [-0.25, -0.2) is 4.98 Å². The van der Waals surface area contributed by atoms with E-state index in [1.54, 1.807) is 6.20 Å². The summed E-state index contributed by atoms with van der Waals surface area (Å²) in [6.07, 6.45) is 1.73. The second kappa shape index (κ2) is 4.96. The summed E-state index contributed by atoms with van der Waals surface area (Å²) in [5.41, 5.74) is 7.43. The molecule has 1 aromatic carbocycles. The van der Waals surface area contributed by atoms with Gasteiger partial charge in [0.15, 0.2) is 0 Å². The Morgan fingerprint density at radius 2 is 2.12 bits per heavy atom. The molecule has 1 aromatic heterocycles. The lowest BCUT2D eigenvalue weighted by molar-refractivity contribution is 1.07. The number of benzene rings is 1. The number of rotatable bonds is 3. The minimum absolute atomic E-state index is 0.494. The first-order valence-electron chi connectivity index (χ1n) is 4.96. The van der Waals surface area contributed by atoms with Gasteiger partial charge in [-0.05, 0) is 29.8 Å². The molecule has 0 saturated carbocycles. The van der Waals surface area contributed by atoms with E-state index < -0.39 is 0 Å². The van der Waals surface area contributed by atoms with Gasteiger partial charge < -0.3 is 11.1 Å². The lowest BCUT2D eigenvalue weighted by Crippen LogP contribution is -1.99. The molecule has 0 radical (unpaired) electrons. The zero-order valence-electron chi connectivity index (χ0n) is 8.65. The number of nitrogens with two attached hydrogens (primary N) is 1. The molecule has 0 aliphatic carbocycles. The molecular formula is C12H12ClN3. The van der Waals surface area contributed by atoms with Crippen LogP contribution in [0.4, 0.5) is 11.5 Å². The summed E-state index contributed by atoms with van der Waals surface area (Å²) in [4.78, 5) is 4.17. The van der Waals surface area contributed by atoms with E-state index in [-0.39, 0.29) is 0 Å². The fourth-order valence-electron chi connectivity index (χ4n) is 1.37. The Kier molecular flexibility index (Phi) is 3.39. The van der Waals surface area contributed by atoms with Crippen molar-refractivity contribution in [3.05, 3.63) is 53.2 Å². The van der Waals surface area contributed by atoms with Crippen LogP contribution < -0.4 is 11.1 Å². The smallest absolute Gasteiger partial charge is 0.130 e. The maximum atomic E-state index is 6.07. The van der Waals surface area contributed by atoms with Crippen molar-refractivity contribution in [3.8, 4) is 0 Å². The molecule has 2 aromatic rings. The molecule has 0 amide bonds. The first-order valence-corrected chi connectivity index (χ1v) is 5.34. The quantitative estimate of drug-likeness (QED) is 0.857. The molecule has 3 nitrogen and oxygen atoms in total. The van der Waals surface area contributed by atoms with Crippen molar-refractivity contribution in [1.82, 2.24) is 4.98 Å². The Bertz CT molecular complexity index is 471. The summed E-state index contributed by atoms with van der Waals surface area (Å²) >= 11 is 6.07. The van der Waals surface area contributed by atoms with Crippen molar-refractivity contribution in [2.75, 3.05) is 5.32 Å². The summed E-state index contributed by atoms with van der Waals surface area (Å²) in [6.45, 7) is 0.494. The molecule has 0 aliphatic rings. The molecule has 0 unspecified atom stereocenters. The molecule has 0 spiro atoms. The fraction of sp³-hybridized carbons (Fsp3) is 0.0833. The number of aromatic nitrogens is 1. The summed E-state index contributed by atoms with van der Waals surface area (Å²) in [6, 6.07) is 11.3. The van der Waals surface area contributed by atoms with Crippen molar-refractivity contribution in [2.45, 2.75) is 6.54 Å². The number of hydrogen-bond acceptors (Lipinski definition) is 3. The van der Waals surface area contributed by atoms with Crippen LogP contribution in [0.1, 0.15) is 5.56 Å². The molecule has 1 heterocycles. The van der Waals surface area contributed by atoms with E-state index in [1.807, 2.05) is 36.4 Å². The highest BCUT2D eigenvalue weighted by Gasteiger charge is 2.02. The minimum Gasteiger partial charge on any atom is -0.339 e. The molecule has 16 heavy (non-hydrogen) atoms. The van der Waals surface area contributed by atoms with Crippen LogP contribution in [0, 0.1) is 0 Å². The van der Waals surface area contributed by atoms with Gasteiger partial charge in [0, 0.05) is 12.7 Å². The van der Waals surface area contributed by atoms with Gasteiger partial charge in [-0.1, -0.05) is 23.7 Å². The summed E-state index contributed by atoms with van der Waals surface area (Å²) in [5, 5.41) is 3.80. The van der Waals surface area contributed by atoms with Crippen LogP contribution in [0.3, 0.4) is 0 Å². The van der Waals surface area contributed by atoms with Crippen LogP contribution in [-0.2, 0) is 6.54 Å². The topological polar surface area (TPSA) is 50.9 Å². The van der Waals surface area contributed by atoms with Gasteiger partial charge in [-0.3, -0.25) is 0 Å². The van der Waals surface area contributed by atoms with E-state index in [0.717, 1.165) is 17.1 Å². The summed E-state index contributed by atoms with van der Waals surface area (Å²) in [7, 11) is 0. The molecule has 4 heteroatoms. The highest BCUT2D eigenvalue weighted by Crippen LogP contribution is 2.25. The summed E-state index contributed by atoms with van der Waals surface area (Å²) < 4.78 is 0. The average Bonchev–Trinajstić information content (AvgIpc) is 2.33. The van der Waals surface area contributed by atoms with Crippen molar-refractivity contribution in [3.63, 3.8) is 0 Å². The zero-order valence-corrected chi connectivity index (χ0v) is 9.41.